The first-order valence-electron chi connectivity index (χ1n) is 6.41. The highest BCUT2D eigenvalue weighted by molar-refractivity contribution is 6.32. The zero-order chi connectivity index (χ0) is 14.4. The Morgan fingerprint density at radius 3 is 2.50 bits per heavy atom. The second kappa shape index (κ2) is 7.00. The molecule has 0 aliphatic rings. The van der Waals surface area contributed by atoms with Crippen molar-refractivity contribution in [3.8, 4) is 23.3 Å². The highest BCUT2D eigenvalue weighted by atomic mass is 35.5. The Morgan fingerprint density at radius 1 is 1.15 bits per heavy atom. The minimum atomic E-state index is -0.575. The first-order valence-corrected chi connectivity index (χ1v) is 6.79. The van der Waals surface area contributed by atoms with Crippen LogP contribution in [-0.2, 0) is 0 Å². The lowest BCUT2D eigenvalue weighted by Gasteiger charge is -2.07. The van der Waals surface area contributed by atoms with E-state index in [4.69, 9.17) is 16.3 Å². The third-order valence-corrected chi connectivity index (χ3v) is 3.00. The number of rotatable bonds is 3. The average molecular weight is 287 g/mol. The van der Waals surface area contributed by atoms with E-state index in [-0.39, 0.29) is 0 Å². The van der Waals surface area contributed by atoms with Crippen molar-refractivity contribution in [2.24, 2.45) is 0 Å². The van der Waals surface area contributed by atoms with Gasteiger partial charge in [0.1, 0.15) is 17.6 Å². The van der Waals surface area contributed by atoms with Crippen LogP contribution in [0, 0.1) is 11.8 Å². The average Bonchev–Trinajstić information content (AvgIpc) is 2.48. The summed E-state index contributed by atoms with van der Waals surface area (Å²) in [5, 5.41) is 9.96. The van der Waals surface area contributed by atoms with Crippen LogP contribution in [0.25, 0.3) is 0 Å². The van der Waals surface area contributed by atoms with Gasteiger partial charge in [0.05, 0.1) is 5.02 Å². The fourth-order valence-corrected chi connectivity index (χ4v) is 1.70. The van der Waals surface area contributed by atoms with Gasteiger partial charge in [0.2, 0.25) is 0 Å². The summed E-state index contributed by atoms with van der Waals surface area (Å²) in [5.41, 5.74) is 0.837. The lowest BCUT2D eigenvalue weighted by molar-refractivity contribution is 0.228. The van der Waals surface area contributed by atoms with E-state index in [2.05, 4.69) is 11.8 Å². The summed E-state index contributed by atoms with van der Waals surface area (Å²) in [6, 6.07) is 14.7. The van der Waals surface area contributed by atoms with Crippen molar-refractivity contribution in [3.63, 3.8) is 0 Å². The Morgan fingerprint density at radius 2 is 1.85 bits per heavy atom. The van der Waals surface area contributed by atoms with Gasteiger partial charge in [-0.15, -0.1) is 0 Å². The van der Waals surface area contributed by atoms with Gasteiger partial charge in [-0.25, -0.2) is 0 Å². The van der Waals surface area contributed by atoms with E-state index < -0.39 is 6.10 Å². The van der Waals surface area contributed by atoms with Crippen LogP contribution in [0.1, 0.15) is 18.9 Å². The van der Waals surface area contributed by atoms with E-state index in [1.807, 2.05) is 49.4 Å². The van der Waals surface area contributed by atoms with Crippen LogP contribution in [0.4, 0.5) is 0 Å². The van der Waals surface area contributed by atoms with Crippen molar-refractivity contribution in [1.29, 1.82) is 0 Å². The van der Waals surface area contributed by atoms with Crippen LogP contribution in [0.3, 0.4) is 0 Å². The topological polar surface area (TPSA) is 29.5 Å². The van der Waals surface area contributed by atoms with Crippen LogP contribution in [0.5, 0.6) is 11.5 Å². The molecule has 102 valence electrons. The molecule has 2 aromatic rings. The fourth-order valence-electron chi connectivity index (χ4n) is 1.53. The zero-order valence-corrected chi connectivity index (χ0v) is 11.9. The number of halogens is 1. The quantitative estimate of drug-likeness (QED) is 0.855. The highest BCUT2D eigenvalue weighted by Crippen LogP contribution is 2.28. The Labute approximate surface area is 124 Å². The van der Waals surface area contributed by atoms with Crippen LogP contribution in [0.15, 0.2) is 48.5 Å². The van der Waals surface area contributed by atoms with Gasteiger partial charge < -0.3 is 9.84 Å². The van der Waals surface area contributed by atoms with Crippen molar-refractivity contribution in [1.82, 2.24) is 0 Å². The molecule has 0 spiro atoms. The molecule has 2 aromatic carbocycles. The van der Waals surface area contributed by atoms with E-state index in [0.29, 0.717) is 22.9 Å². The maximum atomic E-state index is 9.39. The van der Waals surface area contributed by atoms with E-state index in [1.165, 1.54) is 0 Å². The summed E-state index contributed by atoms with van der Waals surface area (Å²) in [6.45, 7) is 1.89. The minimum absolute atomic E-state index is 0.572. The van der Waals surface area contributed by atoms with Crippen molar-refractivity contribution >= 4 is 11.6 Å². The molecule has 0 aromatic heterocycles. The number of benzene rings is 2. The maximum Gasteiger partial charge on any atom is 0.146 e. The van der Waals surface area contributed by atoms with E-state index in [9.17, 15) is 5.11 Å². The molecule has 0 bridgehead atoms. The summed E-state index contributed by atoms with van der Waals surface area (Å²) in [7, 11) is 0. The number of para-hydroxylation sites is 1. The van der Waals surface area contributed by atoms with Gasteiger partial charge in [0.15, 0.2) is 0 Å². The molecule has 0 saturated carbocycles. The minimum Gasteiger partial charge on any atom is -0.456 e. The van der Waals surface area contributed by atoms with Crippen molar-refractivity contribution < 1.29 is 9.84 Å². The molecule has 0 aliphatic carbocycles. The molecule has 2 rings (SSSR count). The summed E-state index contributed by atoms with van der Waals surface area (Å²) >= 11 is 6.03. The molecule has 2 nitrogen and oxygen atoms in total. The number of aliphatic hydroxyl groups excluding tert-OH is 1. The maximum absolute atomic E-state index is 9.39. The molecule has 0 radical (unpaired) electrons. The number of aliphatic hydroxyl groups is 1. The molecular formula is C17H15ClO2. The SMILES string of the molecule is CCC(O)C#Cc1ccc(Oc2ccccc2Cl)cc1. The molecule has 3 heteroatoms. The fraction of sp³-hybridized carbons (Fsp3) is 0.176. The van der Waals surface area contributed by atoms with Crippen molar-refractivity contribution in [3.05, 3.63) is 59.1 Å². The molecule has 0 fully saturated rings. The summed E-state index contributed by atoms with van der Waals surface area (Å²) in [5.74, 6) is 7.00. The molecule has 20 heavy (non-hydrogen) atoms. The van der Waals surface area contributed by atoms with Crippen molar-refractivity contribution in [2.75, 3.05) is 0 Å². The number of ether oxygens (including phenoxy) is 1. The molecule has 1 N–H and O–H groups in total. The monoisotopic (exact) mass is 286 g/mol. The van der Waals surface area contributed by atoms with Gasteiger partial charge in [-0.3, -0.25) is 0 Å². The molecule has 1 atom stereocenters. The lowest BCUT2D eigenvalue weighted by atomic mass is 10.2. The normalized spacial score (nSPS) is 11.3. The number of hydrogen-bond donors (Lipinski definition) is 1. The highest BCUT2D eigenvalue weighted by Gasteiger charge is 2.01. The molecule has 0 amide bonds. The van der Waals surface area contributed by atoms with Crippen molar-refractivity contribution in [2.45, 2.75) is 19.4 Å². The molecule has 0 heterocycles. The predicted molar refractivity (Wildman–Crippen MR) is 81.1 cm³/mol. The molecule has 0 saturated heterocycles. The van der Waals surface area contributed by atoms with Gasteiger partial charge in [-0.2, -0.15) is 0 Å². The first-order chi connectivity index (χ1) is 9.69. The molecular weight excluding hydrogens is 272 g/mol. The summed E-state index contributed by atoms with van der Waals surface area (Å²) < 4.78 is 5.68. The van der Waals surface area contributed by atoms with Gasteiger partial charge in [-0.05, 0) is 42.8 Å². The van der Waals surface area contributed by atoms with Crippen LogP contribution >= 0.6 is 11.6 Å². The largest absolute Gasteiger partial charge is 0.456 e. The third-order valence-electron chi connectivity index (χ3n) is 2.69. The van der Waals surface area contributed by atoms with E-state index >= 15 is 0 Å². The third kappa shape index (κ3) is 4.03. The summed E-state index contributed by atoms with van der Waals surface area (Å²) in [6.07, 6.45) is 0.0507. The van der Waals surface area contributed by atoms with Gasteiger partial charge in [0, 0.05) is 5.56 Å². The molecule has 0 aliphatic heterocycles. The lowest BCUT2D eigenvalue weighted by Crippen LogP contribution is -1.98. The first kappa shape index (κ1) is 14.5. The second-order valence-electron chi connectivity index (χ2n) is 4.25. The van der Waals surface area contributed by atoms with Gasteiger partial charge in [0.25, 0.3) is 0 Å². The van der Waals surface area contributed by atoms with E-state index in [0.717, 1.165) is 5.56 Å². The smallest absolute Gasteiger partial charge is 0.146 e. The van der Waals surface area contributed by atoms with Gasteiger partial charge >= 0.3 is 0 Å². The standard InChI is InChI=1S/C17H15ClO2/c1-2-14(19)10-7-13-8-11-15(12-9-13)20-17-6-4-3-5-16(17)18/h3-6,8-9,11-12,14,19H,2H2,1H3. The summed E-state index contributed by atoms with van der Waals surface area (Å²) in [4.78, 5) is 0. The number of hydrogen-bond acceptors (Lipinski definition) is 2. The Balaban J connectivity index is 2.08. The molecule has 1 unspecified atom stereocenters. The Kier molecular flexibility index (Phi) is 5.06. The predicted octanol–water partition coefficient (Wildman–Crippen LogP) is 4.25. The second-order valence-corrected chi connectivity index (χ2v) is 4.66. The Hall–Kier alpha value is -1.95. The van der Waals surface area contributed by atoms with Crippen LogP contribution < -0.4 is 4.74 Å². The zero-order valence-electron chi connectivity index (χ0n) is 11.1. The van der Waals surface area contributed by atoms with Gasteiger partial charge in [-0.1, -0.05) is 42.5 Å². The van der Waals surface area contributed by atoms with E-state index in [1.54, 1.807) is 6.07 Å². The van der Waals surface area contributed by atoms with Crippen LogP contribution in [-0.4, -0.2) is 11.2 Å². The Bertz CT molecular complexity index is 623. The van der Waals surface area contributed by atoms with Crippen LogP contribution in [0.2, 0.25) is 5.02 Å².